The lowest BCUT2D eigenvalue weighted by Crippen LogP contribution is -2.12. The summed E-state index contributed by atoms with van der Waals surface area (Å²) in [5.74, 6) is 0.861. The van der Waals surface area contributed by atoms with Crippen LogP contribution in [0.5, 0.6) is 0 Å². The predicted molar refractivity (Wildman–Crippen MR) is 114 cm³/mol. The highest BCUT2D eigenvalue weighted by molar-refractivity contribution is 5.82. The summed E-state index contributed by atoms with van der Waals surface area (Å²) in [4.78, 5) is 19.8. The molecule has 0 spiro atoms. The van der Waals surface area contributed by atoms with Crippen LogP contribution in [0.1, 0.15) is 83.4 Å². The average Bonchev–Trinajstić information content (AvgIpc) is 3.05. The van der Waals surface area contributed by atoms with Gasteiger partial charge in [0.05, 0.1) is 24.1 Å². The Hall–Kier alpha value is -2.33. The van der Waals surface area contributed by atoms with Gasteiger partial charge >= 0.3 is 0 Å². The van der Waals surface area contributed by atoms with Crippen LogP contribution in [0.3, 0.4) is 0 Å². The molecule has 0 amide bonds. The van der Waals surface area contributed by atoms with Crippen molar-refractivity contribution in [3.05, 3.63) is 40.5 Å². The SMILES string of the molecule is CCCCCCCCCCCCC(=O)Cn1c(CN=[N+]=[N-])nc2ccccc21. The number of nitrogens with zero attached hydrogens (tertiary/aromatic N) is 5. The van der Waals surface area contributed by atoms with Gasteiger partial charge < -0.3 is 4.57 Å². The summed E-state index contributed by atoms with van der Waals surface area (Å²) in [6, 6.07) is 7.72. The molecule has 1 aromatic carbocycles. The lowest BCUT2D eigenvalue weighted by molar-refractivity contribution is -0.119. The molecule has 0 saturated carbocycles. The topological polar surface area (TPSA) is 83.7 Å². The number of fused-ring (bicyclic) bond motifs is 1. The number of carbonyl (C=O) groups is 1. The molecule has 6 heteroatoms. The van der Waals surface area contributed by atoms with Gasteiger partial charge in [-0.15, -0.1) is 0 Å². The smallest absolute Gasteiger partial charge is 0.152 e. The Morgan fingerprint density at radius 3 is 2.36 bits per heavy atom. The van der Waals surface area contributed by atoms with Crippen molar-refractivity contribution in [2.75, 3.05) is 0 Å². The van der Waals surface area contributed by atoms with Gasteiger partial charge in [0.25, 0.3) is 0 Å². The minimum Gasteiger partial charge on any atom is -0.320 e. The van der Waals surface area contributed by atoms with Gasteiger partial charge in [-0.1, -0.05) is 82.0 Å². The lowest BCUT2D eigenvalue weighted by atomic mass is 10.0. The molecule has 1 heterocycles. The zero-order valence-electron chi connectivity index (χ0n) is 17.1. The maximum atomic E-state index is 12.5. The predicted octanol–water partition coefficient (Wildman–Crippen LogP) is 6.73. The second kappa shape index (κ2) is 12.9. The Kier molecular flexibility index (Phi) is 10.2. The van der Waals surface area contributed by atoms with Crippen molar-refractivity contribution in [2.45, 2.75) is 90.6 Å². The van der Waals surface area contributed by atoms with Gasteiger partial charge in [-0.2, -0.15) is 0 Å². The van der Waals surface area contributed by atoms with Gasteiger partial charge in [0, 0.05) is 11.3 Å². The quantitative estimate of drug-likeness (QED) is 0.148. The van der Waals surface area contributed by atoms with Crippen LogP contribution in [0.2, 0.25) is 0 Å². The summed E-state index contributed by atoms with van der Waals surface area (Å²) in [7, 11) is 0. The first kappa shape index (κ1) is 22.0. The van der Waals surface area contributed by atoms with E-state index in [9.17, 15) is 4.79 Å². The summed E-state index contributed by atoms with van der Waals surface area (Å²) >= 11 is 0. The van der Waals surface area contributed by atoms with E-state index in [-0.39, 0.29) is 12.3 Å². The van der Waals surface area contributed by atoms with Crippen LogP contribution in [0, 0.1) is 0 Å². The number of hydrogen-bond donors (Lipinski definition) is 0. The van der Waals surface area contributed by atoms with Crippen LogP contribution in [-0.4, -0.2) is 15.3 Å². The third kappa shape index (κ3) is 7.35. The molecule has 0 aliphatic carbocycles. The van der Waals surface area contributed by atoms with E-state index in [0.717, 1.165) is 23.9 Å². The first-order chi connectivity index (χ1) is 13.8. The van der Waals surface area contributed by atoms with Gasteiger partial charge in [-0.05, 0) is 24.1 Å². The number of azide groups is 1. The van der Waals surface area contributed by atoms with E-state index in [4.69, 9.17) is 5.53 Å². The van der Waals surface area contributed by atoms with Crippen molar-refractivity contribution in [2.24, 2.45) is 5.11 Å². The molecule has 28 heavy (non-hydrogen) atoms. The number of ketones is 1. The van der Waals surface area contributed by atoms with E-state index in [2.05, 4.69) is 21.9 Å². The second-order valence-corrected chi connectivity index (χ2v) is 7.46. The maximum absolute atomic E-state index is 12.5. The Bertz CT molecular complexity index is 776. The molecule has 0 fully saturated rings. The molecule has 0 bridgehead atoms. The van der Waals surface area contributed by atoms with Crippen molar-refractivity contribution in [3.63, 3.8) is 0 Å². The first-order valence-corrected chi connectivity index (χ1v) is 10.7. The highest BCUT2D eigenvalue weighted by Crippen LogP contribution is 2.18. The summed E-state index contributed by atoms with van der Waals surface area (Å²) in [6.07, 6.45) is 13.2. The molecule has 0 N–H and O–H groups in total. The average molecular weight is 384 g/mol. The number of benzene rings is 1. The van der Waals surface area contributed by atoms with Crippen LogP contribution in [0.15, 0.2) is 29.4 Å². The number of para-hydroxylation sites is 2. The van der Waals surface area contributed by atoms with E-state index < -0.39 is 0 Å². The molecule has 1 aromatic heterocycles. The Morgan fingerprint density at radius 1 is 1.04 bits per heavy atom. The minimum absolute atomic E-state index is 0.163. The zero-order chi connectivity index (χ0) is 20.0. The number of imidazole rings is 1. The van der Waals surface area contributed by atoms with Crippen molar-refractivity contribution >= 4 is 16.8 Å². The molecule has 0 radical (unpaired) electrons. The number of rotatable bonds is 15. The fraction of sp³-hybridized carbons (Fsp3) is 0.636. The van der Waals surface area contributed by atoms with Gasteiger partial charge in [0.2, 0.25) is 0 Å². The fourth-order valence-corrected chi connectivity index (χ4v) is 3.58. The van der Waals surface area contributed by atoms with Crippen LogP contribution in [0.4, 0.5) is 0 Å². The molecule has 6 nitrogen and oxygen atoms in total. The monoisotopic (exact) mass is 383 g/mol. The second-order valence-electron chi connectivity index (χ2n) is 7.46. The molecule has 0 unspecified atom stereocenters. The van der Waals surface area contributed by atoms with E-state index in [1.54, 1.807) is 0 Å². The molecule has 2 rings (SSSR count). The third-order valence-corrected chi connectivity index (χ3v) is 5.15. The highest BCUT2D eigenvalue weighted by atomic mass is 16.1. The fourth-order valence-electron chi connectivity index (χ4n) is 3.58. The summed E-state index contributed by atoms with van der Waals surface area (Å²) in [5, 5.41) is 3.62. The minimum atomic E-state index is 0.163. The summed E-state index contributed by atoms with van der Waals surface area (Å²) < 4.78 is 1.89. The van der Waals surface area contributed by atoms with Crippen LogP contribution in [0.25, 0.3) is 21.5 Å². The largest absolute Gasteiger partial charge is 0.320 e. The first-order valence-electron chi connectivity index (χ1n) is 10.7. The van der Waals surface area contributed by atoms with Crippen molar-refractivity contribution < 1.29 is 4.79 Å². The maximum Gasteiger partial charge on any atom is 0.152 e. The highest BCUT2D eigenvalue weighted by Gasteiger charge is 2.12. The Morgan fingerprint density at radius 2 is 1.68 bits per heavy atom. The molecular weight excluding hydrogens is 350 g/mol. The van der Waals surface area contributed by atoms with Gasteiger partial charge in [0.1, 0.15) is 5.82 Å². The summed E-state index contributed by atoms with van der Waals surface area (Å²) in [5.41, 5.74) is 10.3. The van der Waals surface area contributed by atoms with Crippen LogP contribution < -0.4 is 0 Å². The van der Waals surface area contributed by atoms with E-state index >= 15 is 0 Å². The van der Waals surface area contributed by atoms with Gasteiger partial charge in [0.15, 0.2) is 5.78 Å². The molecule has 2 aromatic rings. The van der Waals surface area contributed by atoms with E-state index in [1.807, 2.05) is 28.8 Å². The van der Waals surface area contributed by atoms with Gasteiger partial charge in [-0.3, -0.25) is 4.79 Å². The van der Waals surface area contributed by atoms with Gasteiger partial charge in [-0.25, -0.2) is 4.98 Å². The summed E-state index contributed by atoms with van der Waals surface area (Å²) in [6.45, 7) is 2.71. The third-order valence-electron chi connectivity index (χ3n) is 5.15. The number of aromatic nitrogens is 2. The van der Waals surface area contributed by atoms with Crippen LogP contribution >= 0.6 is 0 Å². The zero-order valence-corrected chi connectivity index (χ0v) is 17.1. The standard InChI is InChI=1S/C22H33N5O/c1-2-3-4-5-6-7-8-9-10-11-14-19(28)18-27-21-16-13-12-15-20(21)25-22(27)17-24-26-23/h12-13,15-16H,2-11,14,17-18H2,1H3. The number of unbranched alkanes of at least 4 members (excludes halogenated alkanes) is 9. The molecule has 0 saturated heterocycles. The van der Waals surface area contributed by atoms with E-state index in [1.165, 1.54) is 51.4 Å². The van der Waals surface area contributed by atoms with Crippen molar-refractivity contribution in [1.82, 2.24) is 9.55 Å². The lowest BCUT2D eigenvalue weighted by Gasteiger charge is -2.07. The Labute approximate surface area is 168 Å². The molecule has 152 valence electrons. The number of hydrogen-bond acceptors (Lipinski definition) is 3. The van der Waals surface area contributed by atoms with Crippen LogP contribution in [-0.2, 0) is 17.9 Å². The molecule has 0 atom stereocenters. The molecular formula is C22H33N5O. The number of Topliss-reactive ketones (excluding diaryl/α,β-unsaturated/α-hetero) is 1. The Balaban J connectivity index is 1.72. The van der Waals surface area contributed by atoms with Crippen molar-refractivity contribution in [3.8, 4) is 0 Å². The normalized spacial score (nSPS) is 10.9. The van der Waals surface area contributed by atoms with E-state index in [0.29, 0.717) is 18.8 Å². The number of carbonyl (C=O) groups excluding carboxylic acids is 1. The molecule has 0 aliphatic heterocycles. The molecule has 0 aliphatic rings. The van der Waals surface area contributed by atoms with Crippen molar-refractivity contribution in [1.29, 1.82) is 0 Å².